The summed E-state index contributed by atoms with van der Waals surface area (Å²) in [5.74, 6) is -0.809. The monoisotopic (exact) mass is 490 g/mol. The van der Waals surface area contributed by atoms with Gasteiger partial charge < -0.3 is 24.1 Å². The quantitative estimate of drug-likeness (QED) is 0.386. The highest BCUT2D eigenvalue weighted by Gasteiger charge is 2.48. The number of carbonyl (C=O) groups excluding carboxylic acids is 1. The Kier molecular flexibility index (Phi) is 5.88. The van der Waals surface area contributed by atoms with Crippen LogP contribution in [0.4, 0.5) is 0 Å². The zero-order valence-corrected chi connectivity index (χ0v) is 20.1. The van der Waals surface area contributed by atoms with Crippen LogP contribution < -0.4 is 14.2 Å². The van der Waals surface area contributed by atoms with E-state index in [9.17, 15) is 9.90 Å². The Balaban J connectivity index is 1.70. The fourth-order valence-electron chi connectivity index (χ4n) is 4.20. The second kappa shape index (κ2) is 9.01. The Morgan fingerprint density at radius 3 is 2.17 bits per heavy atom. The molecule has 1 unspecified atom stereocenters. The number of methoxy groups -OCH3 is 3. The molecule has 0 spiro atoms. The molecule has 0 radical (unpaired) electrons. The van der Waals surface area contributed by atoms with E-state index in [0.717, 1.165) is 22.8 Å². The molecule has 178 valence electrons. The number of esters is 1. The maximum absolute atomic E-state index is 13.3. The van der Waals surface area contributed by atoms with Gasteiger partial charge in [-0.2, -0.15) is 8.75 Å². The molecule has 1 N–H and O–H groups in total. The largest absolute Gasteiger partial charge is 0.497 e. The summed E-state index contributed by atoms with van der Waals surface area (Å²) < 4.78 is 30.3. The van der Waals surface area contributed by atoms with E-state index in [1.165, 1.54) is 0 Å². The van der Waals surface area contributed by atoms with Gasteiger partial charge in [0.1, 0.15) is 28.3 Å². The number of hydrogen-bond acceptors (Lipinski definition) is 9. The molecule has 35 heavy (non-hydrogen) atoms. The molecule has 0 bridgehead atoms. The van der Waals surface area contributed by atoms with Crippen molar-refractivity contribution in [3.8, 4) is 17.2 Å². The molecule has 5 rings (SSSR count). The van der Waals surface area contributed by atoms with Crippen LogP contribution in [0.5, 0.6) is 17.2 Å². The molecule has 1 atom stereocenters. The van der Waals surface area contributed by atoms with Crippen LogP contribution >= 0.6 is 11.7 Å². The lowest BCUT2D eigenvalue weighted by Crippen LogP contribution is -2.29. The lowest BCUT2D eigenvalue weighted by Gasteiger charge is -2.26. The van der Waals surface area contributed by atoms with Crippen molar-refractivity contribution in [3.63, 3.8) is 0 Å². The van der Waals surface area contributed by atoms with Crippen molar-refractivity contribution in [1.82, 2.24) is 8.75 Å². The van der Waals surface area contributed by atoms with Crippen molar-refractivity contribution < 1.29 is 28.8 Å². The number of aliphatic hydroxyl groups is 1. The molecular formula is C26H22N2O6S. The topological polar surface area (TPSA) is 100 Å². The first-order valence-electron chi connectivity index (χ1n) is 10.7. The van der Waals surface area contributed by atoms with Crippen LogP contribution in [0.2, 0.25) is 0 Å². The molecule has 0 aliphatic carbocycles. The van der Waals surface area contributed by atoms with E-state index in [1.807, 2.05) is 12.1 Å². The van der Waals surface area contributed by atoms with Crippen LogP contribution in [0.3, 0.4) is 0 Å². The minimum atomic E-state index is -1.98. The fourth-order valence-corrected chi connectivity index (χ4v) is 4.72. The van der Waals surface area contributed by atoms with E-state index < -0.39 is 11.8 Å². The summed E-state index contributed by atoms with van der Waals surface area (Å²) in [6.45, 7) is 0. The molecule has 0 saturated heterocycles. The fraction of sp³-hybridized carbons (Fsp3) is 0.192. The maximum Gasteiger partial charge on any atom is 0.342 e. The van der Waals surface area contributed by atoms with Crippen LogP contribution in [0.15, 0.2) is 66.2 Å². The zero-order valence-electron chi connectivity index (χ0n) is 19.3. The molecule has 3 aromatic carbocycles. The first kappa shape index (κ1) is 22.8. The van der Waals surface area contributed by atoms with E-state index in [-0.39, 0.29) is 12.0 Å². The van der Waals surface area contributed by atoms with Gasteiger partial charge in [0.15, 0.2) is 0 Å². The second-order valence-electron chi connectivity index (χ2n) is 7.98. The Hall–Kier alpha value is -3.95. The van der Waals surface area contributed by atoms with Crippen LogP contribution in [-0.2, 0) is 21.7 Å². The summed E-state index contributed by atoms with van der Waals surface area (Å²) in [5, 5.41) is 11.8. The summed E-state index contributed by atoms with van der Waals surface area (Å²) in [7, 11) is 4.69. The van der Waals surface area contributed by atoms with Crippen molar-refractivity contribution in [3.05, 3.63) is 82.9 Å². The summed E-state index contributed by atoms with van der Waals surface area (Å²) in [6, 6.07) is 17.5. The minimum Gasteiger partial charge on any atom is -0.497 e. The van der Waals surface area contributed by atoms with Gasteiger partial charge in [-0.25, -0.2) is 4.79 Å². The third-order valence-corrected chi connectivity index (χ3v) is 6.53. The SMILES string of the molecule is COc1ccc(C2(O)OC(=O)C(c3ccc4nsnc4c3)=C2Cc2cc(OC)cc(OC)c2)cc1. The van der Waals surface area contributed by atoms with Gasteiger partial charge in [0, 0.05) is 23.6 Å². The smallest absolute Gasteiger partial charge is 0.342 e. The van der Waals surface area contributed by atoms with Gasteiger partial charge in [-0.1, -0.05) is 6.07 Å². The van der Waals surface area contributed by atoms with Gasteiger partial charge in [-0.3, -0.25) is 0 Å². The number of rotatable bonds is 7. The molecule has 0 amide bonds. The molecule has 1 aliphatic rings. The van der Waals surface area contributed by atoms with E-state index >= 15 is 0 Å². The number of aromatic nitrogens is 2. The average Bonchev–Trinajstić information content (AvgIpc) is 3.45. The van der Waals surface area contributed by atoms with Crippen molar-refractivity contribution in [2.45, 2.75) is 12.2 Å². The Bertz CT molecular complexity index is 1420. The molecule has 0 fully saturated rings. The number of cyclic esters (lactones) is 1. The van der Waals surface area contributed by atoms with Gasteiger partial charge in [0.05, 0.1) is 38.6 Å². The van der Waals surface area contributed by atoms with Gasteiger partial charge >= 0.3 is 5.97 Å². The van der Waals surface area contributed by atoms with E-state index in [2.05, 4.69) is 8.75 Å². The summed E-state index contributed by atoms with van der Waals surface area (Å²) in [5.41, 5.74) is 3.83. The number of fused-ring (bicyclic) bond motifs is 1. The van der Waals surface area contributed by atoms with Crippen LogP contribution in [0.25, 0.3) is 16.6 Å². The number of benzene rings is 3. The highest BCUT2D eigenvalue weighted by molar-refractivity contribution is 7.00. The maximum atomic E-state index is 13.3. The number of hydrogen-bond donors (Lipinski definition) is 1. The lowest BCUT2D eigenvalue weighted by atomic mass is 9.88. The highest BCUT2D eigenvalue weighted by Crippen LogP contribution is 2.45. The molecule has 4 aromatic rings. The van der Waals surface area contributed by atoms with E-state index in [1.54, 1.807) is 69.9 Å². The van der Waals surface area contributed by atoms with Crippen LogP contribution in [0, 0.1) is 0 Å². The van der Waals surface area contributed by atoms with Crippen LogP contribution in [0.1, 0.15) is 16.7 Å². The first-order valence-corrected chi connectivity index (χ1v) is 11.5. The van der Waals surface area contributed by atoms with Crippen LogP contribution in [-0.4, -0.2) is 41.2 Å². The Labute approximate surface area is 205 Å². The van der Waals surface area contributed by atoms with Gasteiger partial charge in [0.2, 0.25) is 0 Å². The second-order valence-corrected chi connectivity index (χ2v) is 8.51. The predicted molar refractivity (Wildman–Crippen MR) is 131 cm³/mol. The molecule has 2 heterocycles. The number of carbonyl (C=O) groups is 1. The third kappa shape index (κ3) is 4.09. The van der Waals surface area contributed by atoms with Crippen molar-refractivity contribution >= 4 is 34.3 Å². The van der Waals surface area contributed by atoms with Gasteiger partial charge in [-0.15, -0.1) is 0 Å². The molecular weight excluding hydrogens is 468 g/mol. The van der Waals surface area contributed by atoms with Crippen molar-refractivity contribution in [1.29, 1.82) is 0 Å². The van der Waals surface area contributed by atoms with Crippen molar-refractivity contribution in [2.24, 2.45) is 0 Å². The minimum absolute atomic E-state index is 0.199. The van der Waals surface area contributed by atoms with E-state index in [0.29, 0.717) is 39.5 Å². The highest BCUT2D eigenvalue weighted by atomic mass is 32.1. The number of ether oxygens (including phenoxy) is 4. The molecule has 1 aliphatic heterocycles. The standard InChI is InChI=1S/C26H22N2O6S/c1-31-18-7-5-17(6-8-18)26(30)21(12-15-10-19(32-2)14-20(11-15)33-3)24(25(29)34-26)16-4-9-22-23(13-16)28-35-27-22/h4-11,13-14,30H,12H2,1-3H3. The first-order chi connectivity index (χ1) is 16.9. The van der Waals surface area contributed by atoms with E-state index in [4.69, 9.17) is 18.9 Å². The molecule has 8 nitrogen and oxygen atoms in total. The average molecular weight is 491 g/mol. The van der Waals surface area contributed by atoms with Gasteiger partial charge in [-0.05, 0) is 59.7 Å². The molecule has 0 saturated carbocycles. The molecule has 9 heteroatoms. The predicted octanol–water partition coefficient (Wildman–Crippen LogP) is 4.12. The lowest BCUT2D eigenvalue weighted by molar-refractivity contribution is -0.185. The Morgan fingerprint density at radius 1 is 0.857 bits per heavy atom. The third-order valence-electron chi connectivity index (χ3n) is 5.97. The Morgan fingerprint density at radius 2 is 1.51 bits per heavy atom. The van der Waals surface area contributed by atoms with Gasteiger partial charge in [0.25, 0.3) is 5.79 Å². The normalized spacial score (nSPS) is 17.5. The number of nitrogens with zero attached hydrogens (tertiary/aromatic N) is 2. The summed E-state index contributed by atoms with van der Waals surface area (Å²) in [6.07, 6.45) is 0.199. The zero-order chi connectivity index (χ0) is 24.6. The summed E-state index contributed by atoms with van der Waals surface area (Å²) >= 11 is 1.10. The van der Waals surface area contributed by atoms with Crippen molar-refractivity contribution in [2.75, 3.05) is 21.3 Å². The molecule has 1 aromatic heterocycles. The summed E-state index contributed by atoms with van der Waals surface area (Å²) in [4.78, 5) is 13.3.